The normalized spacial score (nSPS) is 25.0. The largest absolute Gasteiger partial charge is 0.494 e. The van der Waals surface area contributed by atoms with E-state index in [2.05, 4.69) is 59.7 Å². The van der Waals surface area contributed by atoms with Crippen LogP contribution in [0, 0.1) is 0 Å². The monoisotopic (exact) mass is 328 g/mol. The van der Waals surface area contributed by atoms with Gasteiger partial charge in [-0.2, -0.15) is 0 Å². The van der Waals surface area contributed by atoms with E-state index in [0.717, 1.165) is 6.42 Å². The molecule has 132 valence electrons. The van der Waals surface area contributed by atoms with E-state index in [0.29, 0.717) is 5.41 Å². The lowest BCUT2D eigenvalue weighted by Gasteiger charge is -2.36. The summed E-state index contributed by atoms with van der Waals surface area (Å²) in [7, 11) is -0.258. The van der Waals surface area contributed by atoms with E-state index in [1.54, 1.807) is 0 Å². The molecule has 3 heteroatoms. The first-order chi connectivity index (χ1) is 11.2. The molecule has 1 saturated heterocycles. The minimum Gasteiger partial charge on any atom is -0.399 e. The molecule has 1 heterocycles. The van der Waals surface area contributed by atoms with Gasteiger partial charge in [0, 0.05) is 0 Å². The fourth-order valence-corrected chi connectivity index (χ4v) is 4.19. The van der Waals surface area contributed by atoms with Crippen LogP contribution in [-0.2, 0) is 21.1 Å². The Kier molecular flexibility index (Phi) is 4.64. The summed E-state index contributed by atoms with van der Waals surface area (Å²) in [6.45, 7) is 13.2. The standard InChI is InChI=1S/C21H33BO2/c1-7-16-11-12-17(22-23-19(2,3)20(4,5)24-22)15-18(16)21(6)13-9-8-10-14-21/h11-12,15H,7-10,13-14H2,1-6H3. The first kappa shape index (κ1) is 18.0. The molecule has 0 radical (unpaired) electrons. The average molecular weight is 328 g/mol. The lowest BCUT2D eigenvalue weighted by Crippen LogP contribution is -2.41. The molecule has 0 N–H and O–H groups in total. The smallest absolute Gasteiger partial charge is 0.399 e. The van der Waals surface area contributed by atoms with Gasteiger partial charge in [0.05, 0.1) is 11.2 Å². The van der Waals surface area contributed by atoms with Crippen LogP contribution in [0.15, 0.2) is 18.2 Å². The van der Waals surface area contributed by atoms with Crippen LogP contribution in [0.1, 0.15) is 84.8 Å². The lowest BCUT2D eigenvalue weighted by atomic mass is 9.67. The Hall–Kier alpha value is -0.795. The van der Waals surface area contributed by atoms with E-state index < -0.39 is 0 Å². The Labute approximate surface area is 148 Å². The van der Waals surface area contributed by atoms with Crippen molar-refractivity contribution in [3.05, 3.63) is 29.3 Å². The summed E-state index contributed by atoms with van der Waals surface area (Å²) in [4.78, 5) is 0. The molecule has 1 aliphatic heterocycles. The highest BCUT2D eigenvalue weighted by molar-refractivity contribution is 6.62. The van der Waals surface area contributed by atoms with Gasteiger partial charge in [0.2, 0.25) is 0 Å². The molecule has 1 aromatic rings. The average Bonchev–Trinajstić information content (AvgIpc) is 2.75. The fraction of sp³-hybridized carbons (Fsp3) is 0.714. The van der Waals surface area contributed by atoms with Crippen LogP contribution >= 0.6 is 0 Å². The van der Waals surface area contributed by atoms with Crippen molar-refractivity contribution in [2.75, 3.05) is 0 Å². The highest BCUT2D eigenvalue weighted by atomic mass is 16.7. The van der Waals surface area contributed by atoms with Crippen LogP contribution in [0.5, 0.6) is 0 Å². The molecule has 0 spiro atoms. The zero-order valence-electron chi connectivity index (χ0n) is 16.4. The number of hydrogen-bond donors (Lipinski definition) is 0. The van der Waals surface area contributed by atoms with E-state index in [-0.39, 0.29) is 18.3 Å². The maximum Gasteiger partial charge on any atom is 0.494 e. The van der Waals surface area contributed by atoms with E-state index in [1.807, 2.05) is 0 Å². The van der Waals surface area contributed by atoms with Gasteiger partial charge >= 0.3 is 7.12 Å². The molecule has 3 rings (SSSR count). The summed E-state index contributed by atoms with van der Waals surface area (Å²) in [5.41, 5.74) is 3.93. The number of aryl methyl sites for hydroxylation is 1. The Morgan fingerprint density at radius 3 is 2.04 bits per heavy atom. The molecule has 0 bridgehead atoms. The highest BCUT2D eigenvalue weighted by Crippen LogP contribution is 2.41. The first-order valence-electron chi connectivity index (χ1n) is 9.67. The van der Waals surface area contributed by atoms with Crippen LogP contribution < -0.4 is 5.46 Å². The molecule has 0 aromatic heterocycles. The fourth-order valence-electron chi connectivity index (χ4n) is 4.19. The number of rotatable bonds is 3. The van der Waals surface area contributed by atoms with Crippen molar-refractivity contribution in [1.82, 2.24) is 0 Å². The maximum atomic E-state index is 6.28. The van der Waals surface area contributed by atoms with Crippen LogP contribution in [0.3, 0.4) is 0 Å². The SMILES string of the molecule is CCc1ccc(B2OC(C)(C)C(C)(C)O2)cc1C1(C)CCCCC1. The minimum absolute atomic E-state index is 0.258. The zero-order valence-corrected chi connectivity index (χ0v) is 16.4. The van der Waals surface area contributed by atoms with Crippen LogP contribution in [0.25, 0.3) is 0 Å². The third kappa shape index (κ3) is 3.06. The van der Waals surface area contributed by atoms with E-state index in [4.69, 9.17) is 9.31 Å². The van der Waals surface area contributed by atoms with Crippen molar-refractivity contribution in [2.45, 2.75) is 96.7 Å². The van der Waals surface area contributed by atoms with Crippen molar-refractivity contribution >= 4 is 12.6 Å². The Morgan fingerprint density at radius 2 is 1.50 bits per heavy atom. The Morgan fingerprint density at radius 1 is 0.917 bits per heavy atom. The third-order valence-corrected chi connectivity index (χ3v) is 6.65. The molecule has 1 saturated carbocycles. The van der Waals surface area contributed by atoms with Gasteiger partial charge in [0.25, 0.3) is 0 Å². The van der Waals surface area contributed by atoms with Gasteiger partial charge in [-0.15, -0.1) is 0 Å². The second-order valence-electron chi connectivity index (χ2n) is 8.98. The summed E-state index contributed by atoms with van der Waals surface area (Å²) in [5, 5.41) is 0. The van der Waals surface area contributed by atoms with Crippen molar-refractivity contribution in [3.8, 4) is 0 Å². The van der Waals surface area contributed by atoms with Crippen LogP contribution in [0.2, 0.25) is 0 Å². The maximum absolute atomic E-state index is 6.28. The van der Waals surface area contributed by atoms with Gasteiger partial charge in [-0.3, -0.25) is 0 Å². The molecule has 0 unspecified atom stereocenters. The zero-order chi connectivity index (χ0) is 17.6. The van der Waals surface area contributed by atoms with Crippen molar-refractivity contribution < 1.29 is 9.31 Å². The van der Waals surface area contributed by atoms with E-state index in [9.17, 15) is 0 Å². The minimum atomic E-state index is -0.282. The molecule has 0 atom stereocenters. The topological polar surface area (TPSA) is 18.5 Å². The molecule has 2 fully saturated rings. The van der Waals surface area contributed by atoms with Gasteiger partial charge in [-0.05, 0) is 69.0 Å². The summed E-state index contributed by atoms with van der Waals surface area (Å²) in [5.74, 6) is 0. The van der Waals surface area contributed by atoms with Crippen molar-refractivity contribution in [1.29, 1.82) is 0 Å². The quantitative estimate of drug-likeness (QED) is 0.744. The van der Waals surface area contributed by atoms with Crippen LogP contribution in [0.4, 0.5) is 0 Å². The van der Waals surface area contributed by atoms with Gasteiger partial charge in [-0.25, -0.2) is 0 Å². The molecule has 0 amide bonds. The second-order valence-corrected chi connectivity index (χ2v) is 8.98. The van der Waals surface area contributed by atoms with E-state index >= 15 is 0 Å². The summed E-state index contributed by atoms with van der Waals surface area (Å²) in [6.07, 6.45) is 7.77. The van der Waals surface area contributed by atoms with Gasteiger partial charge in [-0.1, -0.05) is 51.3 Å². The summed E-state index contributed by atoms with van der Waals surface area (Å²) < 4.78 is 12.6. The predicted octanol–water partition coefficient (Wildman–Crippen LogP) is 4.77. The molecule has 24 heavy (non-hydrogen) atoms. The van der Waals surface area contributed by atoms with E-state index in [1.165, 1.54) is 48.7 Å². The lowest BCUT2D eigenvalue weighted by molar-refractivity contribution is 0.00578. The van der Waals surface area contributed by atoms with Crippen molar-refractivity contribution in [3.63, 3.8) is 0 Å². The Balaban J connectivity index is 1.96. The first-order valence-corrected chi connectivity index (χ1v) is 9.67. The molecule has 1 aromatic carbocycles. The number of benzene rings is 1. The van der Waals surface area contributed by atoms with Crippen molar-refractivity contribution in [2.24, 2.45) is 0 Å². The molecule has 2 aliphatic rings. The van der Waals surface area contributed by atoms with Crippen LogP contribution in [-0.4, -0.2) is 18.3 Å². The third-order valence-electron chi connectivity index (χ3n) is 6.65. The van der Waals surface area contributed by atoms with Gasteiger partial charge in [0.1, 0.15) is 0 Å². The molecular weight excluding hydrogens is 295 g/mol. The molecule has 2 nitrogen and oxygen atoms in total. The second kappa shape index (κ2) is 6.18. The summed E-state index contributed by atoms with van der Waals surface area (Å²) >= 11 is 0. The molecular formula is C21H33BO2. The van der Waals surface area contributed by atoms with Gasteiger partial charge in [0.15, 0.2) is 0 Å². The van der Waals surface area contributed by atoms with Gasteiger partial charge < -0.3 is 9.31 Å². The highest BCUT2D eigenvalue weighted by Gasteiger charge is 2.51. The molecule has 1 aliphatic carbocycles. The number of hydrogen-bond acceptors (Lipinski definition) is 2. The Bertz CT molecular complexity index is 584. The summed E-state index contributed by atoms with van der Waals surface area (Å²) in [6, 6.07) is 6.89. The predicted molar refractivity (Wildman–Crippen MR) is 102 cm³/mol.